The molecule has 2 N–H and O–H groups in total. The second kappa shape index (κ2) is 7.72. The van der Waals surface area contributed by atoms with Crippen molar-refractivity contribution in [2.75, 3.05) is 18.9 Å². The van der Waals surface area contributed by atoms with E-state index in [9.17, 15) is 9.18 Å². The highest BCUT2D eigenvalue weighted by molar-refractivity contribution is 9.10. The fraction of sp³-hybridized carbons (Fsp3) is 0.188. The molecular formula is C16H16BrClFN2O+. The Hall–Kier alpha value is -1.43. The van der Waals surface area contributed by atoms with Crippen LogP contribution in [0.5, 0.6) is 0 Å². The van der Waals surface area contributed by atoms with Gasteiger partial charge in [0.25, 0.3) is 5.91 Å². The summed E-state index contributed by atoms with van der Waals surface area (Å²) in [5.74, 6) is -0.776. The summed E-state index contributed by atoms with van der Waals surface area (Å²) in [5, 5.41) is 2.86. The van der Waals surface area contributed by atoms with Gasteiger partial charge in [-0.3, -0.25) is 4.79 Å². The molecule has 0 bridgehead atoms. The SMILES string of the molecule is C[NH+](CC(=O)Nc1ccc(Cl)cc1F)Cc1ccc(Br)cc1. The molecule has 0 spiro atoms. The van der Waals surface area contributed by atoms with Gasteiger partial charge in [-0.25, -0.2) is 4.39 Å². The molecule has 0 aliphatic heterocycles. The molecule has 0 aliphatic rings. The monoisotopic (exact) mass is 385 g/mol. The number of carbonyl (C=O) groups excluding carboxylic acids is 1. The van der Waals surface area contributed by atoms with Gasteiger partial charge in [0.2, 0.25) is 0 Å². The topological polar surface area (TPSA) is 33.5 Å². The van der Waals surface area contributed by atoms with Crippen LogP contribution < -0.4 is 10.2 Å². The van der Waals surface area contributed by atoms with E-state index in [-0.39, 0.29) is 18.1 Å². The fourth-order valence-corrected chi connectivity index (χ4v) is 2.50. The second-order valence-corrected chi connectivity index (χ2v) is 6.46. The molecule has 0 aromatic heterocycles. The minimum atomic E-state index is -0.536. The maximum Gasteiger partial charge on any atom is 0.279 e. The average Bonchev–Trinajstić information content (AvgIpc) is 2.44. The van der Waals surface area contributed by atoms with E-state index >= 15 is 0 Å². The molecule has 0 aliphatic carbocycles. The van der Waals surface area contributed by atoms with Gasteiger partial charge in [-0.15, -0.1) is 0 Å². The van der Waals surface area contributed by atoms with Gasteiger partial charge < -0.3 is 10.2 Å². The molecule has 0 fully saturated rings. The quantitative estimate of drug-likeness (QED) is 0.814. The number of quaternary nitrogens is 1. The minimum Gasteiger partial charge on any atom is -0.326 e. The third kappa shape index (κ3) is 5.09. The van der Waals surface area contributed by atoms with Gasteiger partial charge in [0, 0.05) is 15.1 Å². The number of likely N-dealkylation sites (N-methyl/N-ethyl adjacent to an activating group) is 1. The number of halogens is 3. The van der Waals surface area contributed by atoms with Crippen LogP contribution in [0.15, 0.2) is 46.9 Å². The number of rotatable bonds is 5. The number of benzene rings is 2. The van der Waals surface area contributed by atoms with Crippen LogP contribution in [0.4, 0.5) is 10.1 Å². The zero-order chi connectivity index (χ0) is 16.1. The van der Waals surface area contributed by atoms with Crippen molar-refractivity contribution in [3.05, 3.63) is 63.3 Å². The van der Waals surface area contributed by atoms with Gasteiger partial charge in [0.1, 0.15) is 12.4 Å². The highest BCUT2D eigenvalue weighted by Gasteiger charge is 2.13. The Labute approximate surface area is 142 Å². The van der Waals surface area contributed by atoms with E-state index in [1.165, 1.54) is 12.1 Å². The smallest absolute Gasteiger partial charge is 0.279 e. The van der Waals surface area contributed by atoms with Crippen molar-refractivity contribution in [1.29, 1.82) is 0 Å². The van der Waals surface area contributed by atoms with Gasteiger partial charge >= 0.3 is 0 Å². The summed E-state index contributed by atoms with van der Waals surface area (Å²) in [6, 6.07) is 12.1. The summed E-state index contributed by atoms with van der Waals surface area (Å²) >= 11 is 9.06. The lowest BCUT2D eigenvalue weighted by atomic mass is 10.2. The van der Waals surface area contributed by atoms with Gasteiger partial charge in [0.15, 0.2) is 6.54 Å². The number of amides is 1. The number of carbonyl (C=O) groups is 1. The molecule has 6 heteroatoms. The Bertz CT molecular complexity index is 664. The van der Waals surface area contributed by atoms with Crippen LogP contribution in [-0.4, -0.2) is 19.5 Å². The molecular weight excluding hydrogens is 371 g/mol. The molecule has 22 heavy (non-hydrogen) atoms. The number of hydrogen-bond donors (Lipinski definition) is 2. The van der Waals surface area contributed by atoms with Crippen LogP contribution in [0.3, 0.4) is 0 Å². The molecule has 2 rings (SSSR count). The molecule has 0 saturated heterocycles. The van der Waals surface area contributed by atoms with Crippen LogP contribution in [0, 0.1) is 5.82 Å². The maximum absolute atomic E-state index is 13.6. The lowest BCUT2D eigenvalue weighted by Gasteiger charge is -2.14. The van der Waals surface area contributed by atoms with Crippen molar-refractivity contribution in [1.82, 2.24) is 0 Å². The molecule has 1 atom stereocenters. The first kappa shape index (κ1) is 16.9. The zero-order valence-electron chi connectivity index (χ0n) is 12.0. The Kier molecular flexibility index (Phi) is 5.94. The van der Waals surface area contributed by atoms with Gasteiger partial charge in [-0.2, -0.15) is 0 Å². The highest BCUT2D eigenvalue weighted by atomic mass is 79.9. The first-order valence-electron chi connectivity index (χ1n) is 6.74. The van der Waals surface area contributed by atoms with E-state index in [2.05, 4.69) is 21.2 Å². The van der Waals surface area contributed by atoms with Gasteiger partial charge in [0.05, 0.1) is 12.7 Å². The van der Waals surface area contributed by atoms with Crippen LogP contribution in [0.2, 0.25) is 5.02 Å². The van der Waals surface area contributed by atoms with Crippen molar-refractivity contribution in [3.8, 4) is 0 Å². The molecule has 116 valence electrons. The Morgan fingerprint density at radius 3 is 2.59 bits per heavy atom. The summed E-state index contributed by atoms with van der Waals surface area (Å²) in [7, 11) is 1.92. The highest BCUT2D eigenvalue weighted by Crippen LogP contribution is 2.18. The minimum absolute atomic E-state index is 0.144. The molecule has 2 aromatic rings. The lowest BCUT2D eigenvalue weighted by Crippen LogP contribution is -3.08. The summed E-state index contributed by atoms with van der Waals surface area (Å²) in [4.78, 5) is 13.0. The Morgan fingerprint density at radius 2 is 1.95 bits per heavy atom. The number of nitrogens with one attached hydrogen (secondary N) is 2. The number of anilines is 1. The normalized spacial score (nSPS) is 12.0. The van der Waals surface area contributed by atoms with E-state index < -0.39 is 5.82 Å². The predicted octanol–water partition coefficient (Wildman–Crippen LogP) is 2.90. The summed E-state index contributed by atoms with van der Waals surface area (Å²) in [5.41, 5.74) is 1.28. The summed E-state index contributed by atoms with van der Waals surface area (Å²) < 4.78 is 14.6. The van der Waals surface area contributed by atoms with E-state index in [1.54, 1.807) is 6.07 Å². The predicted molar refractivity (Wildman–Crippen MR) is 89.6 cm³/mol. The third-order valence-electron chi connectivity index (χ3n) is 3.09. The molecule has 0 heterocycles. The van der Waals surface area contributed by atoms with Crippen molar-refractivity contribution >= 4 is 39.1 Å². The summed E-state index contributed by atoms with van der Waals surface area (Å²) in [6.45, 7) is 0.960. The standard InChI is InChI=1S/C16H15BrClFN2O/c1-21(9-11-2-4-12(17)5-3-11)10-16(22)20-15-7-6-13(18)8-14(15)19/h2-8H,9-10H2,1H3,(H,20,22)/p+1. The van der Waals surface area contributed by atoms with Crippen LogP contribution in [0.25, 0.3) is 0 Å². The molecule has 0 radical (unpaired) electrons. The number of hydrogen-bond acceptors (Lipinski definition) is 1. The largest absolute Gasteiger partial charge is 0.326 e. The Morgan fingerprint density at radius 1 is 1.27 bits per heavy atom. The van der Waals surface area contributed by atoms with Crippen LogP contribution >= 0.6 is 27.5 Å². The average molecular weight is 387 g/mol. The lowest BCUT2D eigenvalue weighted by molar-refractivity contribution is -0.885. The van der Waals surface area contributed by atoms with Crippen LogP contribution in [0.1, 0.15) is 5.56 Å². The van der Waals surface area contributed by atoms with E-state index in [4.69, 9.17) is 11.6 Å². The van der Waals surface area contributed by atoms with Gasteiger partial charge in [-0.1, -0.05) is 39.7 Å². The zero-order valence-corrected chi connectivity index (χ0v) is 14.3. The first-order valence-corrected chi connectivity index (χ1v) is 7.92. The van der Waals surface area contributed by atoms with Crippen molar-refractivity contribution in [3.63, 3.8) is 0 Å². The maximum atomic E-state index is 13.6. The van der Waals surface area contributed by atoms with Gasteiger partial charge in [-0.05, 0) is 30.3 Å². The van der Waals surface area contributed by atoms with E-state index in [1.807, 2.05) is 31.3 Å². The van der Waals surface area contributed by atoms with Crippen molar-refractivity contribution in [2.45, 2.75) is 6.54 Å². The van der Waals surface area contributed by atoms with E-state index in [0.29, 0.717) is 11.6 Å². The molecule has 0 saturated carbocycles. The fourth-order valence-electron chi connectivity index (χ4n) is 2.07. The van der Waals surface area contributed by atoms with Crippen molar-refractivity contribution in [2.24, 2.45) is 0 Å². The summed E-state index contributed by atoms with van der Waals surface area (Å²) in [6.07, 6.45) is 0. The van der Waals surface area contributed by atoms with E-state index in [0.717, 1.165) is 14.9 Å². The molecule has 1 unspecified atom stereocenters. The Balaban J connectivity index is 1.89. The molecule has 1 amide bonds. The first-order chi connectivity index (χ1) is 10.4. The third-order valence-corrected chi connectivity index (χ3v) is 3.85. The second-order valence-electron chi connectivity index (χ2n) is 5.11. The molecule has 2 aromatic carbocycles. The van der Waals surface area contributed by atoms with Crippen LogP contribution in [-0.2, 0) is 11.3 Å². The molecule has 3 nitrogen and oxygen atoms in total. The van der Waals surface area contributed by atoms with Crippen molar-refractivity contribution < 1.29 is 14.1 Å².